The van der Waals surface area contributed by atoms with Crippen LogP contribution < -0.4 is 4.74 Å². The maximum absolute atomic E-state index is 5.98. The van der Waals surface area contributed by atoms with Gasteiger partial charge in [-0.1, -0.05) is 41.4 Å². The normalized spacial score (nSPS) is 10.9. The zero-order valence-corrected chi connectivity index (χ0v) is 13.4. The van der Waals surface area contributed by atoms with Gasteiger partial charge in [0.25, 0.3) is 0 Å². The van der Waals surface area contributed by atoms with Gasteiger partial charge >= 0.3 is 0 Å². The zero-order chi connectivity index (χ0) is 15.2. The number of nitrogens with zero attached hydrogens (tertiary/aromatic N) is 2. The highest BCUT2D eigenvalue weighted by Crippen LogP contribution is 2.23. The van der Waals surface area contributed by atoms with Crippen LogP contribution in [0.4, 0.5) is 0 Å². The molecule has 0 spiro atoms. The summed E-state index contributed by atoms with van der Waals surface area (Å²) in [7, 11) is 3.75. The minimum absolute atomic E-state index is 0.436. The lowest BCUT2D eigenvalue weighted by atomic mass is 10.2. The summed E-state index contributed by atoms with van der Waals surface area (Å²) in [6.45, 7) is 0.436. The first-order chi connectivity index (χ1) is 10.0. The molecule has 0 N–H and O–H groups in total. The Hall–Kier alpha value is -1.71. The predicted molar refractivity (Wildman–Crippen MR) is 88.5 cm³/mol. The number of rotatable bonds is 5. The molecule has 0 saturated heterocycles. The molecule has 5 heteroatoms. The number of benzene rings is 2. The lowest BCUT2D eigenvalue weighted by Crippen LogP contribution is -2.02. The van der Waals surface area contributed by atoms with E-state index in [9.17, 15) is 0 Å². The van der Waals surface area contributed by atoms with Crippen molar-refractivity contribution in [1.82, 2.24) is 5.01 Å². The van der Waals surface area contributed by atoms with Gasteiger partial charge in [0.1, 0.15) is 12.4 Å². The third-order valence-electron chi connectivity index (χ3n) is 2.69. The fraction of sp³-hybridized carbons (Fsp3) is 0.188. The van der Waals surface area contributed by atoms with Crippen molar-refractivity contribution in [3.05, 3.63) is 63.6 Å². The molecular formula is C16H16Cl2N2O. The summed E-state index contributed by atoms with van der Waals surface area (Å²) >= 11 is 11.9. The predicted octanol–water partition coefficient (Wildman–Crippen LogP) is 4.47. The van der Waals surface area contributed by atoms with E-state index in [1.54, 1.807) is 23.4 Å². The van der Waals surface area contributed by atoms with Crippen LogP contribution >= 0.6 is 23.2 Å². The maximum Gasteiger partial charge on any atom is 0.120 e. The molecule has 0 heterocycles. The molecule has 0 saturated carbocycles. The third-order valence-corrected chi connectivity index (χ3v) is 3.42. The van der Waals surface area contributed by atoms with Gasteiger partial charge in [0.2, 0.25) is 0 Å². The molecular weight excluding hydrogens is 307 g/mol. The van der Waals surface area contributed by atoms with Gasteiger partial charge in [-0.25, -0.2) is 0 Å². The van der Waals surface area contributed by atoms with Gasteiger partial charge < -0.3 is 9.75 Å². The average molecular weight is 323 g/mol. The van der Waals surface area contributed by atoms with Crippen LogP contribution in [-0.2, 0) is 6.61 Å². The molecule has 2 rings (SSSR count). The topological polar surface area (TPSA) is 24.8 Å². The van der Waals surface area contributed by atoms with E-state index in [1.165, 1.54) is 0 Å². The molecule has 0 aliphatic rings. The van der Waals surface area contributed by atoms with Crippen LogP contribution in [-0.4, -0.2) is 25.3 Å². The van der Waals surface area contributed by atoms with E-state index in [0.29, 0.717) is 16.7 Å². The van der Waals surface area contributed by atoms with E-state index in [1.807, 2.05) is 44.4 Å². The van der Waals surface area contributed by atoms with Gasteiger partial charge in [0, 0.05) is 14.1 Å². The van der Waals surface area contributed by atoms with Crippen molar-refractivity contribution >= 4 is 29.4 Å². The van der Waals surface area contributed by atoms with E-state index in [0.717, 1.165) is 16.9 Å². The van der Waals surface area contributed by atoms with Gasteiger partial charge in [-0.05, 0) is 35.4 Å². The second kappa shape index (κ2) is 7.34. The summed E-state index contributed by atoms with van der Waals surface area (Å²) in [6, 6.07) is 13.2. The molecule has 0 aliphatic heterocycles. The van der Waals surface area contributed by atoms with Crippen LogP contribution in [0.25, 0.3) is 0 Å². The highest BCUT2D eigenvalue weighted by Gasteiger charge is 2.01. The van der Waals surface area contributed by atoms with Crippen LogP contribution in [0.5, 0.6) is 5.75 Å². The van der Waals surface area contributed by atoms with Crippen LogP contribution in [0, 0.1) is 0 Å². The van der Waals surface area contributed by atoms with Crippen LogP contribution in [0.3, 0.4) is 0 Å². The Morgan fingerprint density at radius 1 is 1.10 bits per heavy atom. The maximum atomic E-state index is 5.98. The fourth-order valence-electron chi connectivity index (χ4n) is 1.66. The second-order valence-corrected chi connectivity index (χ2v) is 5.52. The largest absolute Gasteiger partial charge is 0.489 e. The van der Waals surface area contributed by atoms with Crippen LogP contribution in [0.15, 0.2) is 47.6 Å². The Labute approximate surface area is 134 Å². The molecule has 0 fully saturated rings. The molecule has 0 radical (unpaired) electrons. The molecule has 0 unspecified atom stereocenters. The number of ether oxygens (including phenoxy) is 1. The standard InChI is InChI=1S/C16H16Cl2N2O/c1-20(2)19-10-12-4-3-5-14(8-12)21-11-13-6-7-15(17)16(18)9-13/h3-10H,11H2,1-2H3/b19-10+. The summed E-state index contributed by atoms with van der Waals surface area (Å²) in [4.78, 5) is 0. The van der Waals surface area contributed by atoms with Crippen molar-refractivity contribution in [3.8, 4) is 5.75 Å². The molecule has 21 heavy (non-hydrogen) atoms. The van der Waals surface area contributed by atoms with Crippen molar-refractivity contribution in [2.24, 2.45) is 5.10 Å². The smallest absolute Gasteiger partial charge is 0.120 e. The fourth-order valence-corrected chi connectivity index (χ4v) is 1.98. The third kappa shape index (κ3) is 4.96. The Morgan fingerprint density at radius 3 is 2.62 bits per heavy atom. The van der Waals surface area contributed by atoms with Crippen LogP contribution in [0.1, 0.15) is 11.1 Å². The van der Waals surface area contributed by atoms with Crippen molar-refractivity contribution in [3.63, 3.8) is 0 Å². The van der Waals surface area contributed by atoms with Gasteiger partial charge in [-0.3, -0.25) is 0 Å². The first-order valence-corrected chi connectivity index (χ1v) is 7.18. The second-order valence-electron chi connectivity index (χ2n) is 4.70. The molecule has 0 amide bonds. The average Bonchev–Trinajstić information content (AvgIpc) is 2.47. The lowest BCUT2D eigenvalue weighted by Gasteiger charge is -2.08. The lowest BCUT2D eigenvalue weighted by molar-refractivity contribution is 0.306. The Morgan fingerprint density at radius 2 is 1.90 bits per heavy atom. The van der Waals surface area contributed by atoms with Crippen molar-refractivity contribution in [2.45, 2.75) is 6.61 Å². The molecule has 0 atom stereocenters. The summed E-state index contributed by atoms with van der Waals surface area (Å²) in [6.07, 6.45) is 1.78. The van der Waals surface area contributed by atoms with Crippen molar-refractivity contribution < 1.29 is 4.74 Å². The molecule has 2 aromatic rings. The number of hydrazone groups is 1. The van der Waals surface area contributed by atoms with Gasteiger partial charge in [0.15, 0.2) is 0 Å². The first kappa shape index (κ1) is 15.7. The highest BCUT2D eigenvalue weighted by molar-refractivity contribution is 6.42. The SMILES string of the molecule is CN(C)/N=C/c1cccc(OCc2ccc(Cl)c(Cl)c2)c1. The minimum atomic E-state index is 0.436. The van der Waals surface area contributed by atoms with Crippen LogP contribution in [0.2, 0.25) is 10.0 Å². The quantitative estimate of drug-likeness (QED) is 0.599. The van der Waals surface area contributed by atoms with E-state index < -0.39 is 0 Å². The molecule has 3 nitrogen and oxygen atoms in total. The first-order valence-electron chi connectivity index (χ1n) is 6.43. The van der Waals surface area contributed by atoms with Gasteiger partial charge in [0.05, 0.1) is 16.3 Å². The summed E-state index contributed by atoms with van der Waals surface area (Å²) in [5.74, 6) is 0.781. The zero-order valence-electron chi connectivity index (χ0n) is 11.9. The van der Waals surface area contributed by atoms with Crippen molar-refractivity contribution in [1.29, 1.82) is 0 Å². The highest BCUT2D eigenvalue weighted by atomic mass is 35.5. The van der Waals surface area contributed by atoms with E-state index >= 15 is 0 Å². The van der Waals surface area contributed by atoms with E-state index in [-0.39, 0.29) is 0 Å². The molecule has 0 bridgehead atoms. The molecule has 0 aliphatic carbocycles. The Kier molecular flexibility index (Phi) is 5.48. The number of hydrogen-bond acceptors (Lipinski definition) is 3. The summed E-state index contributed by atoms with van der Waals surface area (Å²) in [5, 5.41) is 7.01. The monoisotopic (exact) mass is 322 g/mol. The van der Waals surface area contributed by atoms with Crippen molar-refractivity contribution in [2.75, 3.05) is 14.1 Å². The van der Waals surface area contributed by atoms with Gasteiger partial charge in [-0.15, -0.1) is 0 Å². The summed E-state index contributed by atoms with van der Waals surface area (Å²) in [5.41, 5.74) is 1.95. The Balaban J connectivity index is 2.02. The summed E-state index contributed by atoms with van der Waals surface area (Å²) < 4.78 is 5.76. The van der Waals surface area contributed by atoms with E-state index in [2.05, 4.69) is 5.10 Å². The number of hydrogen-bond donors (Lipinski definition) is 0. The molecule has 110 valence electrons. The number of halogens is 2. The minimum Gasteiger partial charge on any atom is -0.489 e. The molecule has 2 aromatic carbocycles. The van der Waals surface area contributed by atoms with Gasteiger partial charge in [-0.2, -0.15) is 5.10 Å². The molecule has 0 aromatic heterocycles. The van der Waals surface area contributed by atoms with E-state index in [4.69, 9.17) is 27.9 Å². The Bertz CT molecular complexity index is 642.